The van der Waals surface area contributed by atoms with Crippen LogP contribution in [0.25, 0.3) is 0 Å². The third-order valence-electron chi connectivity index (χ3n) is 5.92. The summed E-state index contributed by atoms with van der Waals surface area (Å²) in [5.41, 5.74) is 2.98. The normalized spacial score (nSPS) is 13.9. The van der Waals surface area contributed by atoms with Crippen LogP contribution in [0.1, 0.15) is 54.1 Å². The molecule has 1 saturated carbocycles. The van der Waals surface area contributed by atoms with Crippen molar-refractivity contribution < 1.29 is 9.18 Å². The van der Waals surface area contributed by atoms with Gasteiger partial charge in [-0.2, -0.15) is 5.26 Å². The quantitative estimate of drug-likeness (QED) is 0.543. The fourth-order valence-corrected chi connectivity index (χ4v) is 4.80. The molecule has 0 aliphatic heterocycles. The van der Waals surface area contributed by atoms with Crippen molar-refractivity contribution in [3.8, 4) is 6.07 Å². The van der Waals surface area contributed by atoms with E-state index in [9.17, 15) is 14.4 Å². The van der Waals surface area contributed by atoms with Crippen LogP contribution in [0, 0.1) is 31.0 Å². The number of amides is 1. The molecule has 1 fully saturated rings. The Bertz CT molecular complexity index is 1160. The van der Waals surface area contributed by atoms with E-state index in [1.165, 1.54) is 23.9 Å². The minimum Gasteiger partial charge on any atom is -0.326 e. The SMILES string of the molecule is Cc1c(C#N)c(NC(=O)CSc2nnnn2C2CCCC2)n(Cc2ccc(F)cc2)c1C. The van der Waals surface area contributed by atoms with E-state index in [2.05, 4.69) is 26.9 Å². The van der Waals surface area contributed by atoms with Crippen molar-refractivity contribution in [3.05, 3.63) is 52.5 Å². The fourth-order valence-electron chi connectivity index (χ4n) is 4.06. The second kappa shape index (κ2) is 9.53. The van der Waals surface area contributed by atoms with Crippen LogP contribution in [0.2, 0.25) is 0 Å². The minimum absolute atomic E-state index is 0.123. The monoisotopic (exact) mass is 453 g/mol. The Labute approximate surface area is 189 Å². The molecule has 8 nitrogen and oxygen atoms in total. The lowest BCUT2D eigenvalue weighted by Crippen LogP contribution is -2.19. The summed E-state index contributed by atoms with van der Waals surface area (Å²) in [6.45, 7) is 4.17. The van der Waals surface area contributed by atoms with Crippen LogP contribution in [0.4, 0.5) is 10.2 Å². The summed E-state index contributed by atoms with van der Waals surface area (Å²) in [6.07, 6.45) is 4.42. The largest absolute Gasteiger partial charge is 0.326 e. The van der Waals surface area contributed by atoms with Crippen molar-refractivity contribution >= 4 is 23.5 Å². The third-order valence-corrected chi connectivity index (χ3v) is 6.85. The molecular weight excluding hydrogens is 429 g/mol. The van der Waals surface area contributed by atoms with Crippen LogP contribution in [-0.4, -0.2) is 36.4 Å². The molecule has 0 unspecified atom stereocenters. The molecule has 0 saturated heterocycles. The van der Waals surface area contributed by atoms with E-state index in [0.29, 0.717) is 29.1 Å². The number of aromatic nitrogens is 5. The van der Waals surface area contributed by atoms with Crippen LogP contribution in [0.5, 0.6) is 0 Å². The van der Waals surface area contributed by atoms with Crippen LogP contribution in [0.3, 0.4) is 0 Å². The maximum Gasteiger partial charge on any atom is 0.235 e. The molecular formula is C22H24FN7OS. The van der Waals surface area contributed by atoms with Crippen molar-refractivity contribution in [2.24, 2.45) is 0 Å². The number of carbonyl (C=O) groups excluding carboxylic acids is 1. The number of halogens is 1. The highest BCUT2D eigenvalue weighted by molar-refractivity contribution is 7.99. The summed E-state index contributed by atoms with van der Waals surface area (Å²) in [6, 6.07) is 8.68. The van der Waals surface area contributed by atoms with Crippen molar-refractivity contribution in [3.63, 3.8) is 0 Å². The van der Waals surface area contributed by atoms with E-state index in [4.69, 9.17) is 0 Å². The Kier molecular flexibility index (Phi) is 6.55. The number of anilines is 1. The molecule has 4 rings (SSSR count). The lowest BCUT2D eigenvalue weighted by Gasteiger charge is -2.14. The molecule has 166 valence electrons. The first-order valence-corrected chi connectivity index (χ1v) is 11.5. The predicted molar refractivity (Wildman–Crippen MR) is 119 cm³/mol. The summed E-state index contributed by atoms with van der Waals surface area (Å²) in [4.78, 5) is 12.8. The topological polar surface area (TPSA) is 101 Å². The minimum atomic E-state index is -0.308. The van der Waals surface area contributed by atoms with Gasteiger partial charge < -0.3 is 9.88 Å². The molecule has 2 heterocycles. The molecule has 3 aromatic rings. The van der Waals surface area contributed by atoms with E-state index in [0.717, 1.165) is 42.5 Å². The zero-order valence-corrected chi connectivity index (χ0v) is 18.8. The first-order chi connectivity index (χ1) is 15.5. The fraction of sp³-hybridized carbons (Fsp3) is 0.409. The standard InChI is InChI=1S/C22H24FN7OS/c1-14-15(2)29(12-16-7-9-17(23)10-8-16)21(19(14)11-24)25-20(31)13-32-22-26-27-28-30(22)18-5-3-4-6-18/h7-10,18H,3-6,12-13H2,1-2H3,(H,25,31). The molecule has 10 heteroatoms. The molecule has 0 atom stereocenters. The average molecular weight is 454 g/mol. The molecule has 32 heavy (non-hydrogen) atoms. The lowest BCUT2D eigenvalue weighted by atomic mass is 10.2. The summed E-state index contributed by atoms with van der Waals surface area (Å²) in [5, 5.41) is 25.2. The second-order valence-electron chi connectivity index (χ2n) is 7.94. The summed E-state index contributed by atoms with van der Waals surface area (Å²) < 4.78 is 17.0. The average Bonchev–Trinajstić information content (AvgIpc) is 3.51. The number of nitrogens with one attached hydrogen (secondary N) is 1. The van der Waals surface area contributed by atoms with Crippen molar-refractivity contribution in [2.75, 3.05) is 11.1 Å². The van der Waals surface area contributed by atoms with E-state index >= 15 is 0 Å². The Balaban J connectivity index is 1.50. The van der Waals surface area contributed by atoms with Gasteiger partial charge in [-0.1, -0.05) is 36.7 Å². The predicted octanol–water partition coefficient (Wildman–Crippen LogP) is 4.00. The van der Waals surface area contributed by atoms with Gasteiger partial charge in [0.05, 0.1) is 17.4 Å². The highest BCUT2D eigenvalue weighted by atomic mass is 32.2. The van der Waals surface area contributed by atoms with Crippen molar-refractivity contribution in [1.29, 1.82) is 5.26 Å². The number of carbonyl (C=O) groups is 1. The number of rotatable bonds is 7. The van der Waals surface area contributed by atoms with Gasteiger partial charge in [0.15, 0.2) is 0 Å². The zero-order valence-electron chi connectivity index (χ0n) is 18.0. The number of hydrogen-bond acceptors (Lipinski definition) is 6. The summed E-state index contributed by atoms with van der Waals surface area (Å²) in [7, 11) is 0. The number of nitriles is 1. The number of thioether (sulfide) groups is 1. The van der Waals surface area contributed by atoms with E-state index in [1.54, 1.807) is 12.1 Å². The van der Waals surface area contributed by atoms with Gasteiger partial charge in [-0.3, -0.25) is 4.79 Å². The molecule has 0 radical (unpaired) electrons. The molecule has 1 aliphatic carbocycles. The first kappa shape index (κ1) is 22.0. The highest BCUT2D eigenvalue weighted by Gasteiger charge is 2.23. The maximum atomic E-state index is 13.3. The zero-order chi connectivity index (χ0) is 22.7. The molecule has 1 amide bonds. The van der Waals surface area contributed by atoms with Crippen LogP contribution < -0.4 is 5.32 Å². The second-order valence-corrected chi connectivity index (χ2v) is 8.88. The van der Waals surface area contributed by atoms with Gasteiger partial charge in [0.1, 0.15) is 17.7 Å². The summed E-state index contributed by atoms with van der Waals surface area (Å²) in [5.74, 6) is 0.0214. The third kappa shape index (κ3) is 4.53. The Morgan fingerprint density at radius 1 is 1.28 bits per heavy atom. The molecule has 1 aromatic carbocycles. The van der Waals surface area contributed by atoms with Crippen LogP contribution in [-0.2, 0) is 11.3 Å². The smallest absolute Gasteiger partial charge is 0.235 e. The number of nitrogens with zero attached hydrogens (tertiary/aromatic N) is 6. The van der Waals surface area contributed by atoms with Gasteiger partial charge in [-0.25, -0.2) is 9.07 Å². The van der Waals surface area contributed by atoms with Gasteiger partial charge in [0.2, 0.25) is 11.1 Å². The van der Waals surface area contributed by atoms with Gasteiger partial charge in [-0.15, -0.1) is 5.10 Å². The van der Waals surface area contributed by atoms with E-state index < -0.39 is 0 Å². The molecule has 2 aromatic heterocycles. The highest BCUT2D eigenvalue weighted by Crippen LogP contribution is 2.32. The van der Waals surface area contributed by atoms with Gasteiger partial charge in [-0.05, 0) is 60.4 Å². The van der Waals surface area contributed by atoms with Crippen LogP contribution >= 0.6 is 11.8 Å². The maximum absolute atomic E-state index is 13.3. The van der Waals surface area contributed by atoms with Crippen molar-refractivity contribution in [1.82, 2.24) is 24.8 Å². The van der Waals surface area contributed by atoms with Gasteiger partial charge >= 0.3 is 0 Å². The molecule has 1 N–H and O–H groups in total. The summed E-state index contributed by atoms with van der Waals surface area (Å²) >= 11 is 1.28. The Morgan fingerprint density at radius 2 is 2.00 bits per heavy atom. The number of tetrazole rings is 1. The molecule has 0 bridgehead atoms. The molecule has 1 aliphatic rings. The number of hydrogen-bond donors (Lipinski definition) is 1. The van der Waals surface area contributed by atoms with Gasteiger partial charge in [0, 0.05) is 12.2 Å². The van der Waals surface area contributed by atoms with Gasteiger partial charge in [0.25, 0.3) is 0 Å². The first-order valence-electron chi connectivity index (χ1n) is 10.5. The Morgan fingerprint density at radius 3 is 2.69 bits per heavy atom. The Hall–Kier alpha value is -3.19. The lowest BCUT2D eigenvalue weighted by molar-refractivity contribution is -0.113. The van der Waals surface area contributed by atoms with Crippen LogP contribution in [0.15, 0.2) is 29.4 Å². The molecule has 0 spiro atoms. The van der Waals surface area contributed by atoms with Crippen molar-refractivity contribution in [2.45, 2.75) is 57.3 Å². The number of benzene rings is 1. The van der Waals surface area contributed by atoms with E-state index in [-0.39, 0.29) is 17.5 Å². The van der Waals surface area contributed by atoms with E-state index in [1.807, 2.05) is 23.1 Å².